The van der Waals surface area contributed by atoms with Gasteiger partial charge in [-0.25, -0.2) is 0 Å². The first-order valence-corrected chi connectivity index (χ1v) is 10.1. The van der Waals surface area contributed by atoms with Gasteiger partial charge in [-0.2, -0.15) is 8.78 Å². The second kappa shape index (κ2) is 7.11. The Balaban J connectivity index is 1.60. The number of amides is 1. The van der Waals surface area contributed by atoms with Crippen molar-refractivity contribution in [3.8, 4) is 5.75 Å². The average molecular weight is 417 g/mol. The fraction of sp³-hybridized carbons (Fsp3) is 0.455. The number of aromatic amines is 1. The lowest BCUT2D eigenvalue weighted by atomic mass is 9.86. The Labute approximate surface area is 173 Å². The third-order valence-corrected chi connectivity index (χ3v) is 5.46. The number of nitrogens with zero attached hydrogens (tertiary/aromatic N) is 2. The zero-order valence-corrected chi connectivity index (χ0v) is 17.3. The molecule has 2 aromatic rings. The van der Waals surface area contributed by atoms with Gasteiger partial charge in [-0.15, -0.1) is 0 Å². The van der Waals surface area contributed by atoms with E-state index in [4.69, 9.17) is 4.74 Å². The Bertz CT molecular complexity index is 977. The summed E-state index contributed by atoms with van der Waals surface area (Å²) in [6.07, 6.45) is -0.0388. The number of likely N-dealkylation sites (tertiary alicyclic amines) is 1. The lowest BCUT2D eigenvalue weighted by Gasteiger charge is -2.29. The van der Waals surface area contributed by atoms with Gasteiger partial charge in [0, 0.05) is 35.7 Å². The van der Waals surface area contributed by atoms with Crippen LogP contribution in [0.5, 0.6) is 5.75 Å². The molecule has 0 bridgehead atoms. The molecule has 8 heteroatoms. The minimum Gasteiger partial charge on any atom is -0.488 e. The molecular weight excluding hydrogens is 392 g/mol. The minimum atomic E-state index is -3.13. The van der Waals surface area contributed by atoms with Crippen LogP contribution in [0.1, 0.15) is 54.5 Å². The van der Waals surface area contributed by atoms with Crippen molar-refractivity contribution in [1.29, 1.82) is 0 Å². The highest BCUT2D eigenvalue weighted by Gasteiger charge is 2.45. The van der Waals surface area contributed by atoms with Crippen LogP contribution in [0.2, 0.25) is 0 Å². The minimum absolute atomic E-state index is 0.0311. The maximum absolute atomic E-state index is 14.0. The topological polar surface area (TPSA) is 65.6 Å². The van der Waals surface area contributed by atoms with Crippen LogP contribution in [0.4, 0.5) is 20.3 Å². The van der Waals surface area contributed by atoms with E-state index in [-0.39, 0.29) is 30.9 Å². The summed E-state index contributed by atoms with van der Waals surface area (Å²) in [6, 6.07) is 5.58. The van der Waals surface area contributed by atoms with Crippen LogP contribution in [-0.4, -0.2) is 47.3 Å². The van der Waals surface area contributed by atoms with Crippen LogP contribution in [0.25, 0.3) is 0 Å². The number of ether oxygens (including phenoxy) is 1. The van der Waals surface area contributed by atoms with E-state index in [0.29, 0.717) is 35.2 Å². The van der Waals surface area contributed by atoms with E-state index in [1.165, 1.54) is 6.07 Å². The third kappa shape index (κ3) is 3.55. The molecule has 160 valence electrons. The first kappa shape index (κ1) is 20.4. The van der Waals surface area contributed by atoms with Crippen LogP contribution in [0.3, 0.4) is 0 Å². The second-order valence-electron chi connectivity index (χ2n) is 8.75. The van der Waals surface area contributed by atoms with Crippen molar-refractivity contribution >= 4 is 23.2 Å². The normalized spacial score (nSPS) is 18.2. The van der Waals surface area contributed by atoms with E-state index in [0.717, 1.165) is 5.69 Å². The molecule has 2 aliphatic heterocycles. The maximum atomic E-state index is 14.0. The van der Waals surface area contributed by atoms with Gasteiger partial charge in [0.25, 0.3) is 5.91 Å². The fourth-order valence-corrected chi connectivity index (χ4v) is 3.84. The summed E-state index contributed by atoms with van der Waals surface area (Å²) in [5.41, 5.74) is 1.05. The molecule has 3 heterocycles. The van der Waals surface area contributed by atoms with E-state index >= 15 is 0 Å². The second-order valence-corrected chi connectivity index (χ2v) is 8.75. The molecule has 30 heavy (non-hydrogen) atoms. The predicted molar refractivity (Wildman–Crippen MR) is 109 cm³/mol. The van der Waals surface area contributed by atoms with Gasteiger partial charge in [0.05, 0.1) is 6.54 Å². The van der Waals surface area contributed by atoms with Crippen LogP contribution in [-0.2, 0) is 0 Å². The number of anilines is 2. The molecule has 1 aromatic heterocycles. The number of hydrogen-bond acceptors (Lipinski definition) is 4. The van der Waals surface area contributed by atoms with Gasteiger partial charge < -0.3 is 14.6 Å². The summed E-state index contributed by atoms with van der Waals surface area (Å²) in [6.45, 7) is 6.56. The Morgan fingerprint density at radius 3 is 2.43 bits per heavy atom. The molecule has 0 unspecified atom stereocenters. The summed E-state index contributed by atoms with van der Waals surface area (Å²) < 4.78 is 33.6. The number of H-pyrrole nitrogens is 1. The van der Waals surface area contributed by atoms with Crippen LogP contribution in [0, 0.1) is 5.41 Å². The third-order valence-electron chi connectivity index (χ3n) is 5.46. The Hall–Kier alpha value is -2.90. The molecule has 0 aliphatic carbocycles. The first-order valence-electron chi connectivity index (χ1n) is 10.1. The van der Waals surface area contributed by atoms with Crippen LogP contribution >= 0.6 is 0 Å². The number of fused-ring (bicyclic) bond motifs is 1. The monoisotopic (exact) mass is 417 g/mol. The van der Waals surface area contributed by atoms with Gasteiger partial charge in [-0.05, 0) is 30.7 Å². The number of alkyl halides is 2. The van der Waals surface area contributed by atoms with E-state index in [1.807, 2.05) is 37.8 Å². The largest absolute Gasteiger partial charge is 0.488 e. The number of nitrogens with one attached hydrogen (secondary N) is 1. The van der Waals surface area contributed by atoms with Crippen molar-refractivity contribution in [2.24, 2.45) is 5.41 Å². The zero-order valence-electron chi connectivity index (χ0n) is 17.3. The summed E-state index contributed by atoms with van der Waals surface area (Å²) >= 11 is 0. The van der Waals surface area contributed by atoms with Crippen molar-refractivity contribution in [2.75, 3.05) is 24.6 Å². The number of ketones is 1. The number of aromatic nitrogens is 1. The van der Waals surface area contributed by atoms with E-state index in [1.54, 1.807) is 12.1 Å². The molecule has 6 nitrogen and oxygen atoms in total. The number of hydrogen-bond donors (Lipinski definition) is 1. The summed E-state index contributed by atoms with van der Waals surface area (Å²) in [5.74, 6) is 0.307. The Kier molecular flexibility index (Phi) is 4.83. The highest BCUT2D eigenvalue weighted by Crippen LogP contribution is 2.39. The van der Waals surface area contributed by atoms with Crippen LogP contribution < -0.4 is 9.64 Å². The molecule has 0 spiro atoms. The number of benzene rings is 1. The quantitative estimate of drug-likeness (QED) is 0.585. The van der Waals surface area contributed by atoms with Crippen molar-refractivity contribution < 1.29 is 23.1 Å². The summed E-state index contributed by atoms with van der Waals surface area (Å²) in [5, 5.41) is 0. The molecule has 0 saturated carbocycles. The van der Waals surface area contributed by atoms with Crippen molar-refractivity contribution in [2.45, 2.75) is 39.7 Å². The van der Waals surface area contributed by atoms with Gasteiger partial charge in [0.15, 0.2) is 17.4 Å². The number of halogens is 2. The lowest BCUT2D eigenvalue weighted by Crippen LogP contribution is -2.40. The molecule has 0 radical (unpaired) electrons. The molecular formula is C22H25F2N3O3. The highest BCUT2D eigenvalue weighted by molar-refractivity contribution is 6.00. The predicted octanol–water partition coefficient (Wildman–Crippen LogP) is 4.60. The highest BCUT2D eigenvalue weighted by atomic mass is 19.3. The van der Waals surface area contributed by atoms with Crippen LogP contribution in [0.15, 0.2) is 30.3 Å². The number of rotatable bonds is 3. The molecule has 0 atom stereocenters. The van der Waals surface area contributed by atoms with Crippen molar-refractivity contribution in [1.82, 2.24) is 9.88 Å². The number of carbonyl (C=O) groups excluding carboxylic acids is 2. The smallest absolute Gasteiger partial charge is 0.328 e. The molecule has 4 rings (SSSR count). The van der Waals surface area contributed by atoms with E-state index < -0.39 is 17.4 Å². The Morgan fingerprint density at radius 1 is 1.13 bits per heavy atom. The summed E-state index contributed by atoms with van der Waals surface area (Å²) in [7, 11) is 0. The van der Waals surface area contributed by atoms with Gasteiger partial charge in [0.1, 0.15) is 12.3 Å². The SMILES string of the molecule is CC(C)(C)C(=O)c1ccc(N2CCOc3cc(C(=O)N4CCCC4(F)F)[nH]c32)cc1. The number of carbonyl (C=O) groups is 2. The van der Waals surface area contributed by atoms with Gasteiger partial charge in [-0.1, -0.05) is 20.8 Å². The molecule has 1 aromatic carbocycles. The van der Waals surface area contributed by atoms with Gasteiger partial charge in [-0.3, -0.25) is 14.5 Å². The van der Waals surface area contributed by atoms with Crippen molar-refractivity contribution in [3.63, 3.8) is 0 Å². The Morgan fingerprint density at radius 2 is 1.83 bits per heavy atom. The standard InChI is InChI=1S/C22H25F2N3O3/c1-21(2,3)18(28)14-5-7-15(8-6-14)26-11-12-30-17-13-16(25-19(17)26)20(29)27-10-4-9-22(27,23)24/h5-8,13,25H,4,9-12H2,1-3H3. The first-order chi connectivity index (χ1) is 14.1. The molecule has 1 N–H and O–H groups in total. The average Bonchev–Trinajstić information content (AvgIpc) is 3.28. The number of Topliss-reactive ketones (excluding diaryl/α,β-unsaturated/α-hetero) is 1. The summed E-state index contributed by atoms with van der Waals surface area (Å²) in [4.78, 5) is 30.6. The lowest BCUT2D eigenvalue weighted by molar-refractivity contribution is -0.0975. The molecule has 1 saturated heterocycles. The van der Waals surface area contributed by atoms with E-state index in [9.17, 15) is 18.4 Å². The van der Waals surface area contributed by atoms with Gasteiger partial charge >= 0.3 is 6.05 Å². The van der Waals surface area contributed by atoms with Crippen molar-refractivity contribution in [3.05, 3.63) is 41.6 Å². The molecule has 2 aliphatic rings. The molecule has 1 amide bonds. The van der Waals surface area contributed by atoms with Gasteiger partial charge in [0.2, 0.25) is 0 Å². The maximum Gasteiger partial charge on any atom is 0.328 e. The zero-order chi connectivity index (χ0) is 21.7. The molecule has 1 fully saturated rings. The van der Waals surface area contributed by atoms with E-state index in [2.05, 4.69) is 4.98 Å². The fourth-order valence-electron chi connectivity index (χ4n) is 3.84.